The van der Waals surface area contributed by atoms with Crippen molar-refractivity contribution in [2.24, 2.45) is 0 Å². The molecule has 2 heterocycles. The van der Waals surface area contributed by atoms with Gasteiger partial charge in [-0.3, -0.25) is 10.1 Å². The van der Waals surface area contributed by atoms with E-state index >= 15 is 0 Å². The van der Waals surface area contributed by atoms with Crippen LogP contribution in [0.15, 0.2) is 42.9 Å². The highest BCUT2D eigenvalue weighted by Gasteiger charge is 2.08. The molecule has 0 spiro atoms. The first-order valence-electron chi connectivity index (χ1n) is 8.35. The second-order valence-electron chi connectivity index (χ2n) is 6.32. The molecule has 2 N–H and O–H groups in total. The molecule has 3 aromatic rings. The third kappa shape index (κ3) is 3.71. The summed E-state index contributed by atoms with van der Waals surface area (Å²) >= 11 is 0. The minimum atomic E-state index is 0.796. The highest BCUT2D eigenvalue weighted by Crippen LogP contribution is 2.20. The molecule has 4 heteroatoms. The maximum Gasteiger partial charge on any atom is 0.0710 e. The lowest BCUT2D eigenvalue weighted by molar-refractivity contribution is 0.685. The number of nitrogens with zero attached hydrogens (tertiary/aromatic N) is 2. The minimum absolute atomic E-state index is 0.796. The Bertz CT molecular complexity index is 783. The fraction of sp³-hybridized carbons (Fsp3) is 0.300. The molecule has 0 fully saturated rings. The molecule has 0 amide bonds. The molecule has 4 nitrogen and oxygen atoms in total. The molecule has 2 aromatic heterocycles. The third-order valence-electron chi connectivity index (χ3n) is 4.38. The van der Waals surface area contributed by atoms with Gasteiger partial charge in [-0.2, -0.15) is 5.10 Å². The highest BCUT2D eigenvalue weighted by atomic mass is 15.1. The van der Waals surface area contributed by atoms with Crippen LogP contribution < -0.4 is 5.32 Å². The van der Waals surface area contributed by atoms with Gasteiger partial charge in [0.2, 0.25) is 0 Å². The fourth-order valence-electron chi connectivity index (χ4n) is 3.25. The average Bonchev–Trinajstić information content (AvgIpc) is 3.02. The Hall–Kier alpha value is -2.46. The second kappa shape index (κ2) is 7.41. The van der Waals surface area contributed by atoms with E-state index in [9.17, 15) is 0 Å². The lowest BCUT2D eigenvalue weighted by Gasteiger charge is -2.12. The van der Waals surface area contributed by atoms with E-state index in [4.69, 9.17) is 0 Å². The molecule has 0 bridgehead atoms. The summed E-state index contributed by atoms with van der Waals surface area (Å²) in [5, 5.41) is 10.8. The van der Waals surface area contributed by atoms with Gasteiger partial charge in [-0.25, -0.2) is 0 Å². The highest BCUT2D eigenvalue weighted by molar-refractivity contribution is 5.61. The summed E-state index contributed by atoms with van der Waals surface area (Å²) in [6, 6.07) is 8.51. The van der Waals surface area contributed by atoms with E-state index in [0.717, 1.165) is 30.8 Å². The Labute approximate surface area is 143 Å². The third-order valence-corrected chi connectivity index (χ3v) is 4.38. The van der Waals surface area contributed by atoms with Gasteiger partial charge in [0.1, 0.15) is 0 Å². The maximum atomic E-state index is 4.18. The number of benzene rings is 1. The van der Waals surface area contributed by atoms with Gasteiger partial charge in [0, 0.05) is 30.1 Å². The monoisotopic (exact) mass is 320 g/mol. The smallest absolute Gasteiger partial charge is 0.0710 e. The fourth-order valence-corrected chi connectivity index (χ4v) is 3.25. The van der Waals surface area contributed by atoms with E-state index < -0.39 is 0 Å². The van der Waals surface area contributed by atoms with Crippen LogP contribution in [0, 0.1) is 20.8 Å². The van der Waals surface area contributed by atoms with E-state index in [1.54, 1.807) is 6.20 Å². The lowest BCUT2D eigenvalue weighted by atomic mass is 9.97. The van der Waals surface area contributed by atoms with Gasteiger partial charge in [-0.15, -0.1) is 0 Å². The van der Waals surface area contributed by atoms with Gasteiger partial charge in [0.15, 0.2) is 0 Å². The lowest BCUT2D eigenvalue weighted by Crippen LogP contribution is -2.17. The Morgan fingerprint density at radius 2 is 1.88 bits per heavy atom. The van der Waals surface area contributed by atoms with Crippen molar-refractivity contribution in [3.05, 3.63) is 70.7 Å². The number of pyridine rings is 1. The van der Waals surface area contributed by atoms with Gasteiger partial charge in [0.25, 0.3) is 0 Å². The summed E-state index contributed by atoms with van der Waals surface area (Å²) < 4.78 is 0. The van der Waals surface area contributed by atoms with Crippen LogP contribution in [0.1, 0.15) is 27.8 Å². The Balaban J connectivity index is 1.60. The summed E-state index contributed by atoms with van der Waals surface area (Å²) in [4.78, 5) is 4.18. The van der Waals surface area contributed by atoms with Crippen LogP contribution in [-0.2, 0) is 13.0 Å². The van der Waals surface area contributed by atoms with Gasteiger partial charge in [-0.1, -0.05) is 17.7 Å². The van der Waals surface area contributed by atoms with Crippen LogP contribution in [0.25, 0.3) is 11.3 Å². The number of aryl methyl sites for hydroxylation is 3. The molecular formula is C20H24N4. The van der Waals surface area contributed by atoms with Crippen LogP contribution in [0.5, 0.6) is 0 Å². The van der Waals surface area contributed by atoms with Crippen molar-refractivity contribution in [1.29, 1.82) is 0 Å². The first kappa shape index (κ1) is 16.4. The molecule has 1 aromatic carbocycles. The zero-order valence-electron chi connectivity index (χ0n) is 14.6. The average molecular weight is 320 g/mol. The topological polar surface area (TPSA) is 53.6 Å². The minimum Gasteiger partial charge on any atom is -0.312 e. The molecule has 3 rings (SSSR count). The van der Waals surface area contributed by atoms with Crippen molar-refractivity contribution in [3.63, 3.8) is 0 Å². The second-order valence-corrected chi connectivity index (χ2v) is 6.32. The van der Waals surface area contributed by atoms with Crippen molar-refractivity contribution in [2.75, 3.05) is 6.54 Å². The number of hydrogen-bond acceptors (Lipinski definition) is 3. The predicted octanol–water partition coefficient (Wildman–Crippen LogP) is 3.73. The zero-order valence-corrected chi connectivity index (χ0v) is 14.6. The maximum absolute atomic E-state index is 4.18. The molecule has 24 heavy (non-hydrogen) atoms. The Kier molecular flexibility index (Phi) is 5.06. The van der Waals surface area contributed by atoms with E-state index in [1.807, 2.05) is 24.5 Å². The summed E-state index contributed by atoms with van der Waals surface area (Å²) in [7, 11) is 0. The number of rotatable bonds is 6. The normalized spacial score (nSPS) is 11.0. The van der Waals surface area contributed by atoms with Gasteiger partial charge < -0.3 is 5.32 Å². The van der Waals surface area contributed by atoms with Crippen molar-refractivity contribution in [2.45, 2.75) is 33.7 Å². The SMILES string of the molecule is Cc1cc(C)c(CCNCc2cn[nH]c2-c2cccnc2)c(C)c1. The molecule has 0 radical (unpaired) electrons. The summed E-state index contributed by atoms with van der Waals surface area (Å²) in [6.45, 7) is 8.30. The van der Waals surface area contributed by atoms with Crippen molar-refractivity contribution in [3.8, 4) is 11.3 Å². The number of aromatic amines is 1. The van der Waals surface area contributed by atoms with E-state index in [1.165, 1.54) is 27.8 Å². The van der Waals surface area contributed by atoms with E-state index in [-0.39, 0.29) is 0 Å². The number of H-pyrrole nitrogens is 1. The van der Waals surface area contributed by atoms with Gasteiger partial charge in [-0.05, 0) is 62.6 Å². The van der Waals surface area contributed by atoms with Crippen molar-refractivity contribution < 1.29 is 0 Å². The van der Waals surface area contributed by atoms with E-state index in [2.05, 4.69) is 53.4 Å². The number of hydrogen-bond donors (Lipinski definition) is 2. The number of nitrogens with one attached hydrogen (secondary N) is 2. The van der Waals surface area contributed by atoms with Crippen LogP contribution in [0.3, 0.4) is 0 Å². The van der Waals surface area contributed by atoms with Gasteiger partial charge >= 0.3 is 0 Å². The first-order chi connectivity index (χ1) is 11.6. The quantitative estimate of drug-likeness (QED) is 0.681. The summed E-state index contributed by atoms with van der Waals surface area (Å²) in [5.41, 5.74) is 8.83. The van der Waals surface area contributed by atoms with Crippen LogP contribution in [0.4, 0.5) is 0 Å². The first-order valence-corrected chi connectivity index (χ1v) is 8.35. The molecule has 124 valence electrons. The number of aromatic nitrogens is 3. The summed E-state index contributed by atoms with van der Waals surface area (Å²) in [5.74, 6) is 0. The largest absolute Gasteiger partial charge is 0.312 e. The molecule has 0 saturated carbocycles. The van der Waals surface area contributed by atoms with Crippen molar-refractivity contribution in [1.82, 2.24) is 20.5 Å². The van der Waals surface area contributed by atoms with Crippen molar-refractivity contribution >= 4 is 0 Å². The molecule has 0 atom stereocenters. The van der Waals surface area contributed by atoms with Crippen LogP contribution >= 0.6 is 0 Å². The Morgan fingerprint density at radius 3 is 2.58 bits per heavy atom. The standard InChI is InChI=1S/C20H24N4/c1-14-9-15(2)19(16(3)10-14)6-8-22-12-18-13-23-24-20(18)17-5-4-7-21-11-17/h4-5,7,9-11,13,22H,6,8,12H2,1-3H3,(H,23,24). The molecular weight excluding hydrogens is 296 g/mol. The molecule has 0 aliphatic heterocycles. The molecule has 0 unspecified atom stereocenters. The van der Waals surface area contributed by atoms with Gasteiger partial charge in [0.05, 0.1) is 11.9 Å². The molecule has 0 aliphatic carbocycles. The molecule has 0 saturated heterocycles. The summed E-state index contributed by atoms with van der Waals surface area (Å²) in [6.07, 6.45) is 6.57. The Morgan fingerprint density at radius 1 is 1.08 bits per heavy atom. The molecule has 0 aliphatic rings. The predicted molar refractivity (Wildman–Crippen MR) is 97.9 cm³/mol. The zero-order chi connectivity index (χ0) is 16.9. The van der Waals surface area contributed by atoms with E-state index in [0.29, 0.717) is 0 Å². The van der Waals surface area contributed by atoms with Crippen LogP contribution in [0.2, 0.25) is 0 Å². The van der Waals surface area contributed by atoms with Crippen LogP contribution in [-0.4, -0.2) is 21.7 Å².